The van der Waals surface area contributed by atoms with E-state index in [1.54, 1.807) is 0 Å². The molecule has 0 aliphatic carbocycles. The lowest BCUT2D eigenvalue weighted by Crippen LogP contribution is -2.49. The highest BCUT2D eigenvalue weighted by atomic mass is 16.2. The summed E-state index contributed by atoms with van der Waals surface area (Å²) in [4.78, 5) is 33.9. The number of aryl methyl sites for hydroxylation is 2. The Bertz CT molecular complexity index is 1090. The third-order valence-corrected chi connectivity index (χ3v) is 6.27. The highest BCUT2D eigenvalue weighted by molar-refractivity contribution is 5.94. The van der Waals surface area contributed by atoms with Crippen LogP contribution in [0.5, 0.6) is 0 Å². The molecular formula is C23H29N7O. The monoisotopic (exact) mass is 419 g/mol. The Labute approximate surface area is 182 Å². The van der Waals surface area contributed by atoms with Gasteiger partial charge in [0.2, 0.25) is 5.95 Å². The van der Waals surface area contributed by atoms with Gasteiger partial charge in [0.25, 0.3) is 5.91 Å². The summed E-state index contributed by atoms with van der Waals surface area (Å²) in [7, 11) is 0. The molecule has 3 aromatic heterocycles. The van der Waals surface area contributed by atoms with Crippen molar-refractivity contribution in [2.24, 2.45) is 0 Å². The topological polar surface area (TPSA) is 69.9 Å². The lowest BCUT2D eigenvalue weighted by Gasteiger charge is -2.36. The van der Waals surface area contributed by atoms with Gasteiger partial charge in [0.1, 0.15) is 17.2 Å². The van der Waals surface area contributed by atoms with Crippen LogP contribution >= 0.6 is 0 Å². The predicted molar refractivity (Wildman–Crippen MR) is 121 cm³/mol. The number of amides is 1. The Morgan fingerprint density at radius 2 is 1.65 bits per heavy atom. The Morgan fingerprint density at radius 1 is 0.871 bits per heavy atom. The molecule has 0 aromatic carbocycles. The Balaban J connectivity index is 1.31. The molecule has 2 aliphatic rings. The summed E-state index contributed by atoms with van der Waals surface area (Å²) in [6.45, 7) is 8.86. The number of aromatic nitrogens is 4. The molecule has 162 valence electrons. The van der Waals surface area contributed by atoms with Gasteiger partial charge in [-0.2, -0.15) is 4.98 Å². The molecule has 0 saturated carbocycles. The number of hydrogen-bond donors (Lipinski definition) is 0. The number of piperidine rings is 1. The highest BCUT2D eigenvalue weighted by Crippen LogP contribution is 2.22. The fourth-order valence-electron chi connectivity index (χ4n) is 4.59. The quantitative estimate of drug-likeness (QED) is 0.650. The van der Waals surface area contributed by atoms with E-state index < -0.39 is 0 Å². The summed E-state index contributed by atoms with van der Waals surface area (Å²) < 4.78 is 1.89. The van der Waals surface area contributed by atoms with E-state index in [4.69, 9.17) is 4.98 Å². The Kier molecular flexibility index (Phi) is 5.21. The van der Waals surface area contributed by atoms with Gasteiger partial charge in [-0.3, -0.25) is 9.20 Å². The number of carbonyl (C=O) groups is 1. The molecule has 2 saturated heterocycles. The SMILES string of the molecule is Cc1cc(N2CCN(C(=O)c3c(C)nc4ccccn34)CC2)nc(N2CCCCC2)n1. The predicted octanol–water partition coefficient (Wildman–Crippen LogP) is 2.69. The summed E-state index contributed by atoms with van der Waals surface area (Å²) in [5, 5.41) is 0. The van der Waals surface area contributed by atoms with Gasteiger partial charge in [-0.15, -0.1) is 0 Å². The maximum Gasteiger partial charge on any atom is 0.272 e. The number of anilines is 2. The first kappa shape index (κ1) is 19.8. The van der Waals surface area contributed by atoms with Crippen LogP contribution in [0.4, 0.5) is 11.8 Å². The van der Waals surface area contributed by atoms with Gasteiger partial charge >= 0.3 is 0 Å². The minimum atomic E-state index is 0.0451. The van der Waals surface area contributed by atoms with Crippen molar-refractivity contribution in [1.82, 2.24) is 24.3 Å². The highest BCUT2D eigenvalue weighted by Gasteiger charge is 2.27. The molecule has 3 aromatic rings. The summed E-state index contributed by atoms with van der Waals surface area (Å²) >= 11 is 0. The van der Waals surface area contributed by atoms with Crippen LogP contribution in [0.1, 0.15) is 41.1 Å². The first-order valence-electron chi connectivity index (χ1n) is 11.2. The van der Waals surface area contributed by atoms with Gasteiger partial charge < -0.3 is 14.7 Å². The number of fused-ring (bicyclic) bond motifs is 1. The second kappa shape index (κ2) is 8.17. The van der Waals surface area contributed by atoms with Crippen molar-refractivity contribution in [3.8, 4) is 0 Å². The molecule has 0 N–H and O–H groups in total. The van der Waals surface area contributed by atoms with E-state index in [9.17, 15) is 4.79 Å². The molecule has 0 atom stereocenters. The summed E-state index contributed by atoms with van der Waals surface area (Å²) in [5.74, 6) is 1.85. The van der Waals surface area contributed by atoms with Gasteiger partial charge in [-0.1, -0.05) is 6.07 Å². The zero-order valence-electron chi connectivity index (χ0n) is 18.3. The van der Waals surface area contributed by atoms with Crippen LogP contribution in [0.3, 0.4) is 0 Å². The Hall–Kier alpha value is -3.16. The summed E-state index contributed by atoms with van der Waals surface area (Å²) in [5.41, 5.74) is 3.24. The van der Waals surface area contributed by atoms with E-state index in [2.05, 4.69) is 25.8 Å². The van der Waals surface area contributed by atoms with Crippen LogP contribution in [0.15, 0.2) is 30.5 Å². The molecule has 1 amide bonds. The van der Waals surface area contributed by atoms with Crippen molar-refractivity contribution in [3.05, 3.63) is 47.5 Å². The normalized spacial score (nSPS) is 17.4. The van der Waals surface area contributed by atoms with Crippen LogP contribution in [0, 0.1) is 13.8 Å². The minimum Gasteiger partial charge on any atom is -0.353 e. The average Bonchev–Trinajstić information content (AvgIpc) is 3.14. The number of piperazine rings is 1. The van der Waals surface area contributed by atoms with Gasteiger partial charge in [0.15, 0.2) is 0 Å². The molecule has 5 rings (SSSR count). The van der Waals surface area contributed by atoms with E-state index in [-0.39, 0.29) is 5.91 Å². The van der Waals surface area contributed by atoms with E-state index in [0.29, 0.717) is 18.8 Å². The van der Waals surface area contributed by atoms with Gasteiger partial charge in [0, 0.05) is 57.2 Å². The van der Waals surface area contributed by atoms with Crippen molar-refractivity contribution < 1.29 is 4.79 Å². The van der Waals surface area contributed by atoms with Crippen LogP contribution in [0.25, 0.3) is 5.65 Å². The van der Waals surface area contributed by atoms with Crippen molar-refractivity contribution in [1.29, 1.82) is 0 Å². The fourth-order valence-corrected chi connectivity index (χ4v) is 4.59. The largest absolute Gasteiger partial charge is 0.353 e. The summed E-state index contributed by atoms with van der Waals surface area (Å²) in [6, 6.07) is 7.86. The molecule has 0 unspecified atom stereocenters. The molecule has 0 bridgehead atoms. The minimum absolute atomic E-state index is 0.0451. The van der Waals surface area contributed by atoms with Gasteiger partial charge in [-0.25, -0.2) is 9.97 Å². The smallest absolute Gasteiger partial charge is 0.272 e. The number of hydrogen-bond acceptors (Lipinski definition) is 6. The number of carbonyl (C=O) groups excluding carboxylic acids is 1. The second-order valence-electron chi connectivity index (χ2n) is 8.47. The first-order chi connectivity index (χ1) is 15.1. The van der Waals surface area contributed by atoms with Crippen molar-refractivity contribution in [2.45, 2.75) is 33.1 Å². The molecule has 0 spiro atoms. The molecule has 31 heavy (non-hydrogen) atoms. The zero-order chi connectivity index (χ0) is 21.4. The molecule has 8 heteroatoms. The third kappa shape index (κ3) is 3.82. The molecule has 5 heterocycles. The van der Waals surface area contributed by atoms with Crippen LogP contribution in [0.2, 0.25) is 0 Å². The average molecular weight is 420 g/mol. The molecule has 8 nitrogen and oxygen atoms in total. The van der Waals surface area contributed by atoms with E-state index >= 15 is 0 Å². The van der Waals surface area contributed by atoms with E-state index in [1.807, 2.05) is 47.5 Å². The van der Waals surface area contributed by atoms with E-state index in [0.717, 1.165) is 55.0 Å². The van der Waals surface area contributed by atoms with Crippen molar-refractivity contribution >= 4 is 23.3 Å². The first-order valence-corrected chi connectivity index (χ1v) is 11.2. The van der Waals surface area contributed by atoms with Gasteiger partial charge in [0.05, 0.1) is 5.69 Å². The standard InChI is InChI=1S/C23H29N7O/c1-17-16-20(26-23(24-17)29-9-5-3-6-10-29)27-12-14-28(15-13-27)22(31)21-18(2)25-19-8-4-7-11-30(19)21/h4,7-8,11,16H,3,5-6,9-10,12-15H2,1-2H3. The number of rotatable bonds is 3. The van der Waals surface area contributed by atoms with Crippen LogP contribution in [-0.4, -0.2) is 69.4 Å². The van der Waals surface area contributed by atoms with Crippen molar-refractivity contribution in [2.75, 3.05) is 49.1 Å². The van der Waals surface area contributed by atoms with E-state index in [1.165, 1.54) is 19.3 Å². The number of pyridine rings is 1. The maximum absolute atomic E-state index is 13.3. The third-order valence-electron chi connectivity index (χ3n) is 6.27. The van der Waals surface area contributed by atoms with Gasteiger partial charge in [-0.05, 0) is 45.2 Å². The maximum atomic E-state index is 13.3. The molecule has 2 fully saturated rings. The second-order valence-corrected chi connectivity index (χ2v) is 8.47. The lowest BCUT2D eigenvalue weighted by atomic mass is 10.1. The molecule has 0 radical (unpaired) electrons. The summed E-state index contributed by atoms with van der Waals surface area (Å²) in [6.07, 6.45) is 5.61. The number of nitrogens with zero attached hydrogens (tertiary/aromatic N) is 7. The van der Waals surface area contributed by atoms with Crippen molar-refractivity contribution in [3.63, 3.8) is 0 Å². The fraction of sp³-hybridized carbons (Fsp3) is 0.478. The lowest BCUT2D eigenvalue weighted by molar-refractivity contribution is 0.0738. The Morgan fingerprint density at radius 3 is 2.42 bits per heavy atom. The molecular weight excluding hydrogens is 390 g/mol. The molecule has 2 aliphatic heterocycles. The number of imidazole rings is 1. The van der Waals surface area contributed by atoms with Crippen LogP contribution < -0.4 is 9.80 Å². The van der Waals surface area contributed by atoms with Crippen LogP contribution in [-0.2, 0) is 0 Å². The zero-order valence-corrected chi connectivity index (χ0v) is 18.3.